The number of hydrogen-bond acceptors (Lipinski definition) is 7. The van der Waals surface area contributed by atoms with E-state index in [-0.39, 0.29) is 0 Å². The second kappa shape index (κ2) is 7.34. The summed E-state index contributed by atoms with van der Waals surface area (Å²) in [5.41, 5.74) is 2.61. The average molecular weight is 367 g/mol. The summed E-state index contributed by atoms with van der Waals surface area (Å²) in [6.45, 7) is 1.56. The number of tetrazole rings is 1. The molecule has 0 aliphatic carbocycles. The number of hydrogen-bond donors (Lipinski definition) is 1. The number of nitrogens with zero attached hydrogens (tertiary/aromatic N) is 5. The lowest BCUT2D eigenvalue weighted by atomic mass is 9.95. The molecular weight excluding hydrogens is 346 g/mol. The second-order valence-corrected chi connectivity index (χ2v) is 6.39. The van der Waals surface area contributed by atoms with E-state index in [1.165, 1.54) is 0 Å². The zero-order valence-electron chi connectivity index (χ0n) is 15.2. The molecule has 8 nitrogen and oxygen atoms in total. The number of fused-ring (bicyclic) bond motifs is 1. The van der Waals surface area contributed by atoms with Crippen LogP contribution in [-0.4, -0.2) is 51.0 Å². The summed E-state index contributed by atoms with van der Waals surface area (Å²) in [6, 6.07) is 13.4. The van der Waals surface area contributed by atoms with Gasteiger partial charge in [0.05, 0.1) is 32.6 Å². The van der Waals surface area contributed by atoms with Crippen molar-refractivity contribution >= 4 is 0 Å². The molecule has 1 aliphatic rings. The molecule has 1 aliphatic heterocycles. The molecule has 1 atom stereocenters. The summed E-state index contributed by atoms with van der Waals surface area (Å²) in [6.07, 6.45) is -0.681. The fourth-order valence-electron chi connectivity index (χ4n) is 3.54. The Morgan fingerprint density at radius 2 is 1.81 bits per heavy atom. The number of rotatable bonds is 5. The number of aliphatic hydroxyl groups excluding tert-OH is 1. The van der Waals surface area contributed by atoms with Crippen LogP contribution >= 0.6 is 0 Å². The quantitative estimate of drug-likeness (QED) is 0.735. The zero-order chi connectivity index (χ0) is 18.8. The van der Waals surface area contributed by atoms with Crippen molar-refractivity contribution in [2.75, 3.05) is 20.8 Å². The van der Waals surface area contributed by atoms with Crippen molar-refractivity contribution in [3.63, 3.8) is 0 Å². The van der Waals surface area contributed by atoms with Crippen LogP contribution in [0.3, 0.4) is 0 Å². The molecule has 0 bridgehead atoms. The standard InChI is InChI=1S/C19H21N5O3/c1-26-16-8-9-17(27-2)19-14(16)10-23(11-15(19)25)12-18-20-21-22-24(18)13-6-4-3-5-7-13/h3-9,15,25H,10-12H2,1-2H3/t15-/m0/s1. The number of para-hydroxylation sites is 1. The highest BCUT2D eigenvalue weighted by Crippen LogP contribution is 2.39. The number of aliphatic hydroxyl groups is 1. The van der Waals surface area contributed by atoms with Crippen molar-refractivity contribution in [3.05, 3.63) is 59.4 Å². The number of benzene rings is 2. The highest BCUT2D eigenvalue weighted by atomic mass is 16.5. The summed E-state index contributed by atoms with van der Waals surface area (Å²) >= 11 is 0. The van der Waals surface area contributed by atoms with E-state index in [0.29, 0.717) is 31.2 Å². The van der Waals surface area contributed by atoms with Gasteiger partial charge in [-0.3, -0.25) is 4.90 Å². The van der Waals surface area contributed by atoms with Gasteiger partial charge >= 0.3 is 0 Å². The molecular formula is C19H21N5O3. The third-order valence-electron chi connectivity index (χ3n) is 4.76. The van der Waals surface area contributed by atoms with Crippen molar-refractivity contribution < 1.29 is 14.6 Å². The Bertz CT molecular complexity index is 928. The van der Waals surface area contributed by atoms with Gasteiger partial charge in [-0.05, 0) is 34.7 Å². The topological polar surface area (TPSA) is 85.5 Å². The van der Waals surface area contributed by atoms with Crippen molar-refractivity contribution in [1.29, 1.82) is 0 Å². The van der Waals surface area contributed by atoms with Crippen LogP contribution in [-0.2, 0) is 13.1 Å². The lowest BCUT2D eigenvalue weighted by molar-refractivity contribution is 0.0824. The number of methoxy groups -OCH3 is 2. The molecule has 4 rings (SSSR count). The Hall–Kier alpha value is -2.97. The first-order valence-electron chi connectivity index (χ1n) is 8.68. The monoisotopic (exact) mass is 367 g/mol. The molecule has 0 saturated carbocycles. The molecule has 1 N–H and O–H groups in total. The second-order valence-electron chi connectivity index (χ2n) is 6.39. The largest absolute Gasteiger partial charge is 0.496 e. The molecule has 0 fully saturated rings. The van der Waals surface area contributed by atoms with E-state index in [1.807, 2.05) is 42.5 Å². The highest BCUT2D eigenvalue weighted by Gasteiger charge is 2.30. The molecule has 27 heavy (non-hydrogen) atoms. The van der Waals surface area contributed by atoms with Crippen molar-refractivity contribution in [2.45, 2.75) is 19.2 Å². The van der Waals surface area contributed by atoms with Gasteiger partial charge in [0.2, 0.25) is 0 Å². The van der Waals surface area contributed by atoms with Crippen molar-refractivity contribution in [1.82, 2.24) is 25.1 Å². The van der Waals surface area contributed by atoms with Gasteiger partial charge in [-0.2, -0.15) is 4.68 Å². The summed E-state index contributed by atoms with van der Waals surface area (Å²) < 4.78 is 12.6. The first-order chi connectivity index (χ1) is 13.2. The van der Waals surface area contributed by atoms with Gasteiger partial charge in [-0.15, -0.1) is 5.10 Å². The predicted octanol–water partition coefficient (Wildman–Crippen LogP) is 1.73. The molecule has 0 saturated heterocycles. The third kappa shape index (κ3) is 3.24. The van der Waals surface area contributed by atoms with Gasteiger partial charge in [-0.1, -0.05) is 18.2 Å². The highest BCUT2D eigenvalue weighted by molar-refractivity contribution is 5.51. The van der Waals surface area contributed by atoms with E-state index in [1.54, 1.807) is 18.9 Å². The van der Waals surface area contributed by atoms with Crippen LogP contribution in [0, 0.1) is 0 Å². The molecule has 0 spiro atoms. The summed E-state index contributed by atoms with van der Waals surface area (Å²) in [7, 11) is 3.23. The van der Waals surface area contributed by atoms with Crippen LogP contribution in [0.1, 0.15) is 23.1 Å². The van der Waals surface area contributed by atoms with Crippen LogP contribution < -0.4 is 9.47 Å². The van der Waals surface area contributed by atoms with E-state index in [9.17, 15) is 5.11 Å². The summed E-state index contributed by atoms with van der Waals surface area (Å²) in [4.78, 5) is 2.10. The van der Waals surface area contributed by atoms with Gasteiger partial charge in [0.1, 0.15) is 11.5 Å². The van der Waals surface area contributed by atoms with Crippen LogP contribution in [0.4, 0.5) is 0 Å². The first kappa shape index (κ1) is 17.4. The number of ether oxygens (including phenoxy) is 2. The third-order valence-corrected chi connectivity index (χ3v) is 4.76. The van der Waals surface area contributed by atoms with Gasteiger partial charge < -0.3 is 14.6 Å². The van der Waals surface area contributed by atoms with Crippen molar-refractivity contribution in [3.8, 4) is 17.2 Å². The SMILES string of the molecule is COc1ccc(OC)c2c1CN(Cc1nnnn1-c1ccccc1)C[C@@H]2O. The van der Waals surface area contributed by atoms with Crippen LogP contribution in [0.15, 0.2) is 42.5 Å². The van der Waals surface area contributed by atoms with Crippen LogP contribution in [0.5, 0.6) is 11.5 Å². The fraction of sp³-hybridized carbons (Fsp3) is 0.316. The maximum absolute atomic E-state index is 10.7. The minimum Gasteiger partial charge on any atom is -0.496 e. The van der Waals surface area contributed by atoms with Gasteiger partial charge in [0.15, 0.2) is 5.82 Å². The smallest absolute Gasteiger partial charge is 0.170 e. The maximum Gasteiger partial charge on any atom is 0.170 e. The Balaban J connectivity index is 1.63. The molecule has 0 radical (unpaired) electrons. The number of aromatic nitrogens is 4. The predicted molar refractivity (Wildman–Crippen MR) is 97.8 cm³/mol. The Labute approximate surface area is 156 Å². The first-order valence-corrected chi connectivity index (χ1v) is 8.68. The molecule has 140 valence electrons. The molecule has 1 aromatic heterocycles. The summed E-state index contributed by atoms with van der Waals surface area (Å²) in [5.74, 6) is 2.11. The van der Waals surface area contributed by atoms with Crippen LogP contribution in [0.2, 0.25) is 0 Å². The Morgan fingerprint density at radius 3 is 2.56 bits per heavy atom. The molecule has 3 aromatic rings. The van der Waals surface area contributed by atoms with Crippen LogP contribution in [0.25, 0.3) is 5.69 Å². The van der Waals surface area contributed by atoms with Gasteiger partial charge in [0, 0.05) is 24.2 Å². The van der Waals surface area contributed by atoms with Gasteiger partial charge in [0.25, 0.3) is 0 Å². The maximum atomic E-state index is 10.7. The van der Waals surface area contributed by atoms with E-state index < -0.39 is 6.10 Å². The lowest BCUT2D eigenvalue weighted by Gasteiger charge is -2.33. The molecule has 0 unspecified atom stereocenters. The Kier molecular flexibility index (Phi) is 4.74. The fourth-order valence-corrected chi connectivity index (χ4v) is 3.54. The molecule has 2 heterocycles. The number of β-amino-alcohol motifs (C(OH)–C–C–N with tert-alkyl or cyclic N) is 1. The normalized spacial score (nSPS) is 16.8. The van der Waals surface area contributed by atoms with E-state index >= 15 is 0 Å². The van der Waals surface area contributed by atoms with Gasteiger partial charge in [-0.25, -0.2) is 0 Å². The van der Waals surface area contributed by atoms with Crippen molar-refractivity contribution in [2.24, 2.45) is 0 Å². The van der Waals surface area contributed by atoms with E-state index in [4.69, 9.17) is 9.47 Å². The van der Waals surface area contributed by atoms with E-state index in [0.717, 1.165) is 22.6 Å². The minimum atomic E-state index is -0.681. The lowest BCUT2D eigenvalue weighted by Crippen LogP contribution is -2.34. The Morgan fingerprint density at radius 1 is 1.07 bits per heavy atom. The molecule has 0 amide bonds. The minimum absolute atomic E-state index is 0.457. The zero-order valence-corrected chi connectivity index (χ0v) is 15.2. The summed E-state index contributed by atoms with van der Waals surface area (Å²) in [5, 5.41) is 22.8. The van der Waals surface area contributed by atoms with E-state index in [2.05, 4.69) is 20.4 Å². The average Bonchev–Trinajstić information content (AvgIpc) is 3.15. The molecule has 8 heteroatoms. The molecule has 2 aromatic carbocycles.